The second kappa shape index (κ2) is 19.4. The predicted molar refractivity (Wildman–Crippen MR) is 210 cm³/mol. The van der Waals surface area contributed by atoms with Crippen molar-refractivity contribution in [3.05, 3.63) is 215 Å². The Bertz CT molecular complexity index is 1940. The summed E-state index contributed by atoms with van der Waals surface area (Å²) in [6.07, 6.45) is -3.70. The molecule has 1 heterocycles. The van der Waals surface area contributed by atoms with Crippen LogP contribution in [0.3, 0.4) is 0 Å². The van der Waals surface area contributed by atoms with E-state index in [1.165, 1.54) is 0 Å². The smallest absolute Gasteiger partial charge is 0.117 e. The Hall–Kier alpha value is -4.92. The molecule has 1 saturated heterocycles. The molecule has 6 nitrogen and oxygen atoms in total. The van der Waals surface area contributed by atoms with Crippen molar-refractivity contribution in [2.45, 2.75) is 69.5 Å². The first-order valence-electron chi connectivity index (χ1n) is 18.7. The van der Waals surface area contributed by atoms with E-state index in [0.717, 1.165) is 38.9 Å². The van der Waals surface area contributed by atoms with Gasteiger partial charge in [-0.15, -0.1) is 0 Å². The molecular weight excluding hydrogens is 673 g/mol. The Balaban J connectivity index is 1.25. The van der Waals surface area contributed by atoms with Gasteiger partial charge in [0.15, 0.2) is 0 Å². The largest absolute Gasteiger partial charge is 0.386 e. The van der Waals surface area contributed by atoms with Gasteiger partial charge in [0.1, 0.15) is 36.6 Å². The number of hydrogen-bond donors (Lipinski definition) is 1. The highest BCUT2D eigenvalue weighted by Gasteiger charge is 2.51. The molecule has 0 aromatic heterocycles. The Morgan fingerprint density at radius 2 is 0.852 bits per heavy atom. The third kappa shape index (κ3) is 10.2. The molecule has 0 amide bonds. The van der Waals surface area contributed by atoms with Crippen LogP contribution in [0.15, 0.2) is 176 Å². The highest BCUT2D eigenvalue weighted by atomic mass is 16.6. The highest BCUT2D eigenvalue weighted by Crippen LogP contribution is 2.37. The second-order valence-corrected chi connectivity index (χ2v) is 13.7. The standard InChI is InChI=1S/C48H48O6/c49-44(42-29-17-16-28-41(42)30-36-18-6-1-7-19-36)46-48(53-34-40-26-14-5-15-27-40)47(52-33-39-24-12-4-13-25-39)45(51-32-38-22-10-3-11-23-38)43(54-46)35-50-31-37-20-8-2-9-21-37/h1-29,43-49H,30-35H2/t43-,44+,45-,46+,47+,48+/m1/s1. The van der Waals surface area contributed by atoms with E-state index < -0.39 is 36.6 Å². The molecule has 0 spiro atoms. The van der Waals surface area contributed by atoms with Gasteiger partial charge in [-0.2, -0.15) is 0 Å². The van der Waals surface area contributed by atoms with E-state index in [-0.39, 0.29) is 6.61 Å². The lowest BCUT2D eigenvalue weighted by atomic mass is 9.86. The lowest BCUT2D eigenvalue weighted by Crippen LogP contribution is -2.62. The number of rotatable bonds is 17. The zero-order valence-corrected chi connectivity index (χ0v) is 30.4. The summed E-state index contributed by atoms with van der Waals surface area (Å²) in [7, 11) is 0. The Morgan fingerprint density at radius 1 is 0.444 bits per heavy atom. The van der Waals surface area contributed by atoms with E-state index in [1.807, 2.05) is 158 Å². The van der Waals surface area contributed by atoms with Crippen LogP contribution >= 0.6 is 0 Å². The molecule has 7 rings (SSSR count). The SMILES string of the molecule is O[C@@H](c1ccccc1Cc1ccccc1)[C@@H]1O[C@H](COCc2ccccc2)[C@@H](OCc2ccccc2)[C@H](OCc2ccccc2)[C@H]1OCc1ccccc1. The molecule has 6 atom stereocenters. The van der Waals surface area contributed by atoms with Gasteiger partial charge in [-0.3, -0.25) is 0 Å². The number of aliphatic hydroxyl groups is 1. The van der Waals surface area contributed by atoms with Crippen LogP contribution in [-0.2, 0) is 56.5 Å². The van der Waals surface area contributed by atoms with Crippen LogP contribution in [0.2, 0.25) is 0 Å². The minimum atomic E-state index is -1.04. The maximum atomic E-state index is 12.5. The van der Waals surface area contributed by atoms with E-state index in [4.69, 9.17) is 23.7 Å². The number of ether oxygens (including phenoxy) is 5. The van der Waals surface area contributed by atoms with Gasteiger partial charge in [0.05, 0.1) is 33.0 Å². The monoisotopic (exact) mass is 720 g/mol. The Labute approximate surface area is 318 Å². The number of benzene rings is 6. The molecule has 54 heavy (non-hydrogen) atoms. The molecule has 0 radical (unpaired) electrons. The second-order valence-electron chi connectivity index (χ2n) is 13.7. The molecule has 1 aliphatic heterocycles. The van der Waals surface area contributed by atoms with Crippen molar-refractivity contribution in [1.82, 2.24) is 0 Å². The maximum Gasteiger partial charge on any atom is 0.117 e. The molecule has 6 aromatic rings. The normalized spacial score (nSPS) is 20.4. The number of hydrogen-bond acceptors (Lipinski definition) is 6. The van der Waals surface area contributed by atoms with E-state index in [1.54, 1.807) is 0 Å². The molecule has 6 aromatic carbocycles. The van der Waals surface area contributed by atoms with Gasteiger partial charge in [-0.1, -0.05) is 176 Å². The quantitative estimate of drug-likeness (QED) is 0.102. The van der Waals surface area contributed by atoms with Crippen LogP contribution in [-0.4, -0.2) is 42.2 Å². The van der Waals surface area contributed by atoms with Gasteiger partial charge in [0, 0.05) is 0 Å². The fourth-order valence-corrected chi connectivity index (χ4v) is 7.06. The van der Waals surface area contributed by atoms with Gasteiger partial charge in [0.2, 0.25) is 0 Å². The van der Waals surface area contributed by atoms with Crippen molar-refractivity contribution >= 4 is 0 Å². The lowest BCUT2D eigenvalue weighted by Gasteiger charge is -2.47. The average Bonchev–Trinajstić information content (AvgIpc) is 3.23. The van der Waals surface area contributed by atoms with Gasteiger partial charge in [-0.25, -0.2) is 0 Å². The fourth-order valence-electron chi connectivity index (χ4n) is 7.06. The van der Waals surface area contributed by atoms with Crippen LogP contribution in [0, 0.1) is 0 Å². The fraction of sp³-hybridized carbons (Fsp3) is 0.250. The molecule has 1 aliphatic rings. The first-order valence-corrected chi connectivity index (χ1v) is 18.7. The first kappa shape index (κ1) is 37.4. The molecule has 0 bridgehead atoms. The molecule has 1 N–H and O–H groups in total. The van der Waals surface area contributed by atoms with Crippen LogP contribution in [0.4, 0.5) is 0 Å². The van der Waals surface area contributed by atoms with Crippen LogP contribution in [0.5, 0.6) is 0 Å². The highest BCUT2D eigenvalue weighted by molar-refractivity contribution is 5.35. The molecule has 0 aliphatic carbocycles. The van der Waals surface area contributed by atoms with Gasteiger partial charge < -0.3 is 28.8 Å². The van der Waals surface area contributed by atoms with E-state index in [2.05, 4.69) is 18.2 Å². The molecular formula is C48H48O6. The summed E-state index contributed by atoms with van der Waals surface area (Å²) in [5, 5.41) is 12.5. The molecule has 1 fully saturated rings. The average molecular weight is 721 g/mol. The van der Waals surface area contributed by atoms with Gasteiger partial charge >= 0.3 is 0 Å². The summed E-state index contributed by atoms with van der Waals surface area (Å²) in [4.78, 5) is 0. The Kier molecular flexibility index (Phi) is 13.4. The van der Waals surface area contributed by atoms with Crippen molar-refractivity contribution in [2.24, 2.45) is 0 Å². The minimum Gasteiger partial charge on any atom is -0.386 e. The summed E-state index contributed by atoms with van der Waals surface area (Å²) in [5.41, 5.74) is 7.08. The number of aliphatic hydroxyl groups excluding tert-OH is 1. The van der Waals surface area contributed by atoms with Crippen molar-refractivity contribution in [3.8, 4) is 0 Å². The van der Waals surface area contributed by atoms with Crippen molar-refractivity contribution in [3.63, 3.8) is 0 Å². The predicted octanol–water partition coefficient (Wildman–Crippen LogP) is 9.05. The summed E-state index contributed by atoms with van der Waals surface area (Å²) in [6.45, 7) is 1.60. The van der Waals surface area contributed by atoms with Gasteiger partial charge in [-0.05, 0) is 45.4 Å². The Morgan fingerprint density at radius 3 is 1.37 bits per heavy atom. The topological polar surface area (TPSA) is 66.4 Å². The third-order valence-corrected chi connectivity index (χ3v) is 9.84. The van der Waals surface area contributed by atoms with E-state index >= 15 is 0 Å². The third-order valence-electron chi connectivity index (χ3n) is 9.84. The zero-order chi connectivity index (χ0) is 36.8. The summed E-state index contributed by atoms with van der Waals surface area (Å²) >= 11 is 0. The molecule has 0 unspecified atom stereocenters. The zero-order valence-electron chi connectivity index (χ0n) is 30.4. The van der Waals surface area contributed by atoms with Gasteiger partial charge in [0.25, 0.3) is 0 Å². The van der Waals surface area contributed by atoms with Crippen LogP contribution in [0.1, 0.15) is 45.0 Å². The summed E-state index contributed by atoms with van der Waals surface area (Å²) < 4.78 is 34.0. The molecule has 6 heteroatoms. The minimum absolute atomic E-state index is 0.222. The summed E-state index contributed by atoms with van der Waals surface area (Å²) in [6, 6.07) is 58.7. The van der Waals surface area contributed by atoms with E-state index in [0.29, 0.717) is 32.8 Å². The van der Waals surface area contributed by atoms with Crippen molar-refractivity contribution < 1.29 is 28.8 Å². The van der Waals surface area contributed by atoms with Crippen molar-refractivity contribution in [1.29, 1.82) is 0 Å². The maximum absolute atomic E-state index is 12.5. The lowest BCUT2D eigenvalue weighted by molar-refractivity contribution is -0.287. The molecule has 276 valence electrons. The van der Waals surface area contributed by atoms with Crippen LogP contribution < -0.4 is 0 Å². The summed E-state index contributed by atoms with van der Waals surface area (Å²) in [5.74, 6) is 0. The first-order chi connectivity index (χ1) is 26.7. The van der Waals surface area contributed by atoms with Crippen LogP contribution in [0.25, 0.3) is 0 Å². The van der Waals surface area contributed by atoms with Crippen molar-refractivity contribution in [2.75, 3.05) is 6.61 Å². The van der Waals surface area contributed by atoms with E-state index in [9.17, 15) is 5.11 Å². The molecule has 0 saturated carbocycles.